The van der Waals surface area contributed by atoms with Gasteiger partial charge in [0.1, 0.15) is 12.4 Å². The Bertz CT molecular complexity index is 1450. The second kappa shape index (κ2) is 10.8. The van der Waals surface area contributed by atoms with Crippen molar-refractivity contribution in [1.29, 1.82) is 0 Å². The molecule has 0 amide bonds. The predicted molar refractivity (Wildman–Crippen MR) is 145 cm³/mol. The Kier molecular flexibility index (Phi) is 7.85. The van der Waals surface area contributed by atoms with Crippen molar-refractivity contribution in [3.8, 4) is 11.5 Å². The molecule has 1 heterocycles. The number of nitrogens with zero attached hydrogens (tertiary/aromatic N) is 3. The number of hydrogen-bond donors (Lipinski definition) is 0. The van der Waals surface area contributed by atoms with Gasteiger partial charge in [0.05, 0.1) is 23.7 Å². The summed E-state index contributed by atoms with van der Waals surface area (Å²) in [6.07, 6.45) is 1.61. The summed E-state index contributed by atoms with van der Waals surface area (Å²) in [5, 5.41) is 4.89. The van der Waals surface area contributed by atoms with Crippen molar-refractivity contribution in [2.75, 3.05) is 6.61 Å². The molecule has 6 nitrogen and oxygen atoms in total. The SMILES string of the molecule is CCOc1cc(C=Nn2c(C)nc3ccc(Br)cc3c2=O)ccc1OCc1ccc(Br)cc1Br. The van der Waals surface area contributed by atoms with E-state index in [0.29, 0.717) is 41.4 Å². The standard InChI is InChI=1S/C25H20Br3N3O3/c1-3-33-24-10-16(4-9-23(24)34-14-17-5-6-19(27)12-21(17)28)13-29-31-15(2)30-22-8-7-18(26)11-20(22)25(31)32/h4-13H,3,14H2,1-2H3. The van der Waals surface area contributed by atoms with Gasteiger partial charge in [-0.05, 0) is 67.9 Å². The molecule has 0 aliphatic heterocycles. The molecule has 34 heavy (non-hydrogen) atoms. The smallest absolute Gasteiger partial charge is 0.282 e. The van der Waals surface area contributed by atoms with Crippen molar-refractivity contribution in [3.05, 3.63) is 95.3 Å². The molecule has 0 N–H and O–H groups in total. The van der Waals surface area contributed by atoms with Crippen molar-refractivity contribution in [1.82, 2.24) is 9.66 Å². The van der Waals surface area contributed by atoms with Crippen molar-refractivity contribution in [2.24, 2.45) is 5.10 Å². The molecule has 174 valence electrons. The molecule has 0 unspecified atom stereocenters. The Morgan fingerprint density at radius 3 is 2.50 bits per heavy atom. The van der Waals surface area contributed by atoms with Crippen molar-refractivity contribution >= 4 is 64.9 Å². The first-order valence-electron chi connectivity index (χ1n) is 10.4. The van der Waals surface area contributed by atoms with Crippen LogP contribution >= 0.6 is 47.8 Å². The van der Waals surface area contributed by atoms with E-state index in [9.17, 15) is 4.79 Å². The van der Waals surface area contributed by atoms with Gasteiger partial charge in [-0.1, -0.05) is 53.9 Å². The molecule has 0 saturated heterocycles. The van der Waals surface area contributed by atoms with Crippen LogP contribution < -0.4 is 15.0 Å². The number of aromatic nitrogens is 2. The first-order chi connectivity index (χ1) is 16.4. The Morgan fingerprint density at radius 2 is 1.74 bits per heavy atom. The third-order valence-electron chi connectivity index (χ3n) is 4.96. The average molecular weight is 650 g/mol. The minimum absolute atomic E-state index is 0.231. The van der Waals surface area contributed by atoms with Gasteiger partial charge in [-0.15, -0.1) is 0 Å². The van der Waals surface area contributed by atoms with Crippen LogP contribution in [0.5, 0.6) is 11.5 Å². The van der Waals surface area contributed by atoms with Gasteiger partial charge in [0.2, 0.25) is 0 Å². The quantitative estimate of drug-likeness (QED) is 0.206. The summed E-state index contributed by atoms with van der Waals surface area (Å²) >= 11 is 10.4. The number of benzene rings is 3. The molecule has 4 aromatic rings. The van der Waals surface area contributed by atoms with Crippen LogP contribution in [0.15, 0.2) is 77.9 Å². The van der Waals surface area contributed by atoms with Crippen LogP contribution in [0.25, 0.3) is 10.9 Å². The zero-order valence-electron chi connectivity index (χ0n) is 18.4. The molecule has 0 radical (unpaired) electrons. The van der Waals surface area contributed by atoms with Crippen LogP contribution in [0.4, 0.5) is 0 Å². The summed E-state index contributed by atoms with van der Waals surface area (Å²) in [7, 11) is 0. The molecule has 0 atom stereocenters. The molecular weight excluding hydrogens is 630 g/mol. The van der Waals surface area contributed by atoms with E-state index in [-0.39, 0.29) is 5.56 Å². The lowest BCUT2D eigenvalue weighted by atomic mass is 10.2. The van der Waals surface area contributed by atoms with Gasteiger partial charge in [0.15, 0.2) is 11.5 Å². The number of ether oxygens (including phenoxy) is 2. The van der Waals surface area contributed by atoms with E-state index in [2.05, 4.69) is 57.9 Å². The molecule has 3 aromatic carbocycles. The molecule has 4 rings (SSSR count). The molecular formula is C25H20Br3N3O3. The zero-order chi connectivity index (χ0) is 24.2. The number of fused-ring (bicyclic) bond motifs is 1. The van der Waals surface area contributed by atoms with E-state index >= 15 is 0 Å². The Hall–Kier alpha value is -2.49. The second-order valence-electron chi connectivity index (χ2n) is 7.35. The van der Waals surface area contributed by atoms with E-state index in [1.165, 1.54) is 4.68 Å². The number of rotatable bonds is 7. The number of aryl methyl sites for hydroxylation is 1. The molecule has 0 spiro atoms. The van der Waals surface area contributed by atoms with Crippen LogP contribution in [0.3, 0.4) is 0 Å². The lowest BCUT2D eigenvalue weighted by Gasteiger charge is -2.13. The van der Waals surface area contributed by atoms with Crippen LogP contribution in [0, 0.1) is 6.92 Å². The Labute approximate surface area is 222 Å². The summed E-state index contributed by atoms with van der Waals surface area (Å²) < 4.78 is 15.9. The highest BCUT2D eigenvalue weighted by molar-refractivity contribution is 9.11. The predicted octanol–water partition coefficient (Wildman–Crippen LogP) is 6.85. The number of halogens is 3. The zero-order valence-corrected chi connectivity index (χ0v) is 23.1. The van der Waals surface area contributed by atoms with Gasteiger partial charge < -0.3 is 9.47 Å². The lowest BCUT2D eigenvalue weighted by Crippen LogP contribution is -2.20. The fraction of sp³-hybridized carbons (Fsp3) is 0.160. The highest BCUT2D eigenvalue weighted by Gasteiger charge is 2.10. The highest BCUT2D eigenvalue weighted by Crippen LogP contribution is 2.30. The van der Waals surface area contributed by atoms with Gasteiger partial charge in [0.25, 0.3) is 5.56 Å². The minimum Gasteiger partial charge on any atom is -0.490 e. The monoisotopic (exact) mass is 647 g/mol. The molecule has 0 aliphatic rings. The van der Waals surface area contributed by atoms with Crippen molar-refractivity contribution in [3.63, 3.8) is 0 Å². The van der Waals surface area contributed by atoms with Gasteiger partial charge >= 0.3 is 0 Å². The number of hydrogen-bond acceptors (Lipinski definition) is 5. The first kappa shape index (κ1) is 24.6. The fourth-order valence-electron chi connectivity index (χ4n) is 3.31. The molecule has 0 aliphatic carbocycles. The average Bonchev–Trinajstić information content (AvgIpc) is 2.80. The lowest BCUT2D eigenvalue weighted by molar-refractivity contribution is 0.269. The van der Waals surface area contributed by atoms with E-state index < -0.39 is 0 Å². The summed E-state index contributed by atoms with van der Waals surface area (Å²) in [6.45, 7) is 4.54. The summed E-state index contributed by atoms with van der Waals surface area (Å²) in [5.41, 5.74) is 2.18. The van der Waals surface area contributed by atoms with Crippen LogP contribution in [0.1, 0.15) is 23.9 Å². The summed E-state index contributed by atoms with van der Waals surface area (Å²) in [6, 6.07) is 16.9. The van der Waals surface area contributed by atoms with Crippen molar-refractivity contribution in [2.45, 2.75) is 20.5 Å². The maximum absolute atomic E-state index is 13.0. The Balaban J connectivity index is 1.60. The maximum atomic E-state index is 13.0. The normalized spacial score (nSPS) is 11.3. The van der Waals surface area contributed by atoms with Crippen molar-refractivity contribution < 1.29 is 9.47 Å². The third kappa shape index (κ3) is 5.59. The van der Waals surface area contributed by atoms with Crippen LogP contribution in [0.2, 0.25) is 0 Å². The van der Waals surface area contributed by atoms with E-state index in [0.717, 1.165) is 24.5 Å². The van der Waals surface area contributed by atoms with E-state index in [1.54, 1.807) is 19.2 Å². The van der Waals surface area contributed by atoms with Gasteiger partial charge in [-0.2, -0.15) is 9.78 Å². The fourth-order valence-corrected chi connectivity index (χ4v) is 4.83. The summed E-state index contributed by atoms with van der Waals surface area (Å²) in [4.78, 5) is 17.4. The third-order valence-corrected chi connectivity index (χ3v) is 6.68. The molecule has 0 fully saturated rings. The molecule has 0 bridgehead atoms. The Morgan fingerprint density at radius 1 is 0.971 bits per heavy atom. The molecule has 9 heteroatoms. The largest absolute Gasteiger partial charge is 0.490 e. The summed E-state index contributed by atoms with van der Waals surface area (Å²) in [5.74, 6) is 1.73. The van der Waals surface area contributed by atoms with Gasteiger partial charge in [0, 0.05) is 19.0 Å². The molecule has 0 saturated carbocycles. The van der Waals surface area contributed by atoms with Crippen LogP contribution in [-0.2, 0) is 6.61 Å². The topological polar surface area (TPSA) is 65.7 Å². The second-order valence-corrected chi connectivity index (χ2v) is 10.0. The van der Waals surface area contributed by atoms with Gasteiger partial charge in [-0.3, -0.25) is 4.79 Å². The maximum Gasteiger partial charge on any atom is 0.282 e. The van der Waals surface area contributed by atoms with E-state index in [1.807, 2.05) is 55.5 Å². The molecule has 1 aromatic heterocycles. The highest BCUT2D eigenvalue weighted by atomic mass is 79.9. The first-order valence-corrected chi connectivity index (χ1v) is 12.8. The minimum atomic E-state index is -0.231. The van der Waals surface area contributed by atoms with E-state index in [4.69, 9.17) is 9.47 Å². The van der Waals surface area contributed by atoms with Crippen LogP contribution in [-0.4, -0.2) is 22.5 Å². The van der Waals surface area contributed by atoms with Gasteiger partial charge in [-0.25, -0.2) is 4.98 Å².